The number of ether oxygens (including phenoxy) is 4. The first-order valence-electron chi connectivity index (χ1n) is 23.0. The Morgan fingerprint density at radius 3 is 0.543 bits per heavy atom. The highest BCUT2D eigenvalue weighted by Crippen LogP contribution is 2.29. The van der Waals surface area contributed by atoms with Crippen LogP contribution in [0.25, 0.3) is 45.0 Å². The standard InChI is InChI=1S/C62H46N4O4/c1-3-7-55(8-4-1)67-57-19-11-51(12-20-57)63-39-31-47(32-40-63)49-35-43-65(44-36-49)53-15-23-59(24-16-53)69-61-27-29-62(30-28-61)70-60-25-17-54(18-26-60)66-45-37-50(38-46-66)48-33-41-64(42-34-48)52-13-21-58(22-14-52)68-56-9-5-2-6-10-56/h1-46H/q+4. The monoisotopic (exact) mass is 910 g/mol. The molecular formula is C62H46N4O4+4. The van der Waals surface area contributed by atoms with Crippen LogP contribution >= 0.6 is 0 Å². The van der Waals surface area contributed by atoms with Crippen molar-refractivity contribution in [2.24, 2.45) is 0 Å². The van der Waals surface area contributed by atoms with Gasteiger partial charge in [-0.25, -0.2) is 0 Å². The third-order valence-electron chi connectivity index (χ3n) is 11.8. The molecule has 11 aromatic rings. The second-order valence-corrected chi connectivity index (χ2v) is 16.5. The van der Waals surface area contributed by atoms with Gasteiger partial charge in [-0.3, -0.25) is 0 Å². The zero-order chi connectivity index (χ0) is 46.9. The number of para-hydroxylation sites is 2. The summed E-state index contributed by atoms with van der Waals surface area (Å²) in [7, 11) is 0. The van der Waals surface area contributed by atoms with Gasteiger partial charge < -0.3 is 18.9 Å². The van der Waals surface area contributed by atoms with Gasteiger partial charge >= 0.3 is 0 Å². The molecule has 11 rings (SSSR count). The number of nitrogens with zero attached hydrogens (tertiary/aromatic N) is 4. The summed E-state index contributed by atoms with van der Waals surface area (Å²) in [4.78, 5) is 0. The fraction of sp³-hybridized carbons (Fsp3) is 0. The summed E-state index contributed by atoms with van der Waals surface area (Å²) in [6.07, 6.45) is 16.6. The SMILES string of the molecule is c1ccc(Oc2ccc(-[n+]3ccc(-c4cc[n+](-c5ccc(Oc6ccc(Oc7ccc(-[n+]8ccc(-c9cc[n+](-c%10ccc(Oc%11ccccc%11)cc%10)cc9)cc8)cc7)cc6)cc5)cc4)cc3)cc2)cc1. The Hall–Kier alpha value is -9.66. The third kappa shape index (κ3) is 10.3. The molecule has 0 radical (unpaired) electrons. The van der Waals surface area contributed by atoms with Crippen LogP contribution in [0.5, 0.6) is 46.0 Å². The van der Waals surface area contributed by atoms with Crippen molar-refractivity contribution in [3.63, 3.8) is 0 Å². The summed E-state index contributed by atoms with van der Waals surface area (Å²) in [6.45, 7) is 0. The fourth-order valence-corrected chi connectivity index (χ4v) is 8.01. The van der Waals surface area contributed by atoms with E-state index in [1.165, 1.54) is 0 Å². The van der Waals surface area contributed by atoms with Gasteiger partial charge in [-0.1, -0.05) is 36.4 Å². The summed E-state index contributed by atoms with van der Waals surface area (Å²) in [5, 5.41) is 0. The Morgan fingerprint density at radius 1 is 0.171 bits per heavy atom. The molecule has 0 amide bonds. The molecule has 8 nitrogen and oxygen atoms in total. The fourth-order valence-electron chi connectivity index (χ4n) is 8.01. The lowest BCUT2D eigenvalue weighted by atomic mass is 10.1. The van der Waals surface area contributed by atoms with Gasteiger partial charge in [0.25, 0.3) is 0 Å². The molecule has 0 spiro atoms. The Labute approximate surface area is 406 Å². The van der Waals surface area contributed by atoms with Crippen LogP contribution in [0.3, 0.4) is 0 Å². The number of hydrogen-bond acceptors (Lipinski definition) is 4. The topological polar surface area (TPSA) is 52.4 Å². The van der Waals surface area contributed by atoms with Crippen LogP contribution in [-0.2, 0) is 0 Å². The number of pyridine rings is 4. The summed E-state index contributed by atoms with van der Waals surface area (Å²) in [5.41, 5.74) is 8.71. The largest absolute Gasteiger partial charge is 0.457 e. The average molecular weight is 911 g/mol. The van der Waals surface area contributed by atoms with E-state index in [9.17, 15) is 0 Å². The van der Waals surface area contributed by atoms with E-state index >= 15 is 0 Å². The zero-order valence-corrected chi connectivity index (χ0v) is 38.0. The Bertz CT molecular complexity index is 3190. The Kier molecular flexibility index (Phi) is 12.3. The summed E-state index contributed by atoms with van der Waals surface area (Å²) < 4.78 is 32.6. The molecule has 4 aromatic heterocycles. The smallest absolute Gasteiger partial charge is 0.210 e. The first-order valence-corrected chi connectivity index (χ1v) is 23.0. The van der Waals surface area contributed by atoms with E-state index in [-0.39, 0.29) is 0 Å². The van der Waals surface area contributed by atoms with Gasteiger partial charge in [0.1, 0.15) is 46.0 Å². The van der Waals surface area contributed by atoms with Crippen LogP contribution in [0.1, 0.15) is 0 Å². The van der Waals surface area contributed by atoms with Gasteiger partial charge in [0.05, 0.1) is 0 Å². The van der Waals surface area contributed by atoms with Crippen LogP contribution in [-0.4, -0.2) is 0 Å². The van der Waals surface area contributed by atoms with Crippen molar-refractivity contribution < 1.29 is 37.2 Å². The van der Waals surface area contributed by atoms with E-state index in [4.69, 9.17) is 18.9 Å². The molecule has 70 heavy (non-hydrogen) atoms. The number of benzene rings is 7. The minimum atomic E-state index is 0.722. The first-order chi connectivity index (χ1) is 34.6. The molecule has 0 fully saturated rings. The summed E-state index contributed by atoms with van der Waals surface area (Å²) >= 11 is 0. The number of aromatic nitrogens is 4. The van der Waals surface area contributed by atoms with Crippen molar-refractivity contribution in [3.8, 4) is 91.0 Å². The van der Waals surface area contributed by atoms with Gasteiger partial charge in [-0.2, -0.15) is 18.3 Å². The predicted molar refractivity (Wildman–Crippen MR) is 270 cm³/mol. The van der Waals surface area contributed by atoms with Crippen molar-refractivity contribution in [2.75, 3.05) is 0 Å². The zero-order valence-electron chi connectivity index (χ0n) is 38.0. The van der Waals surface area contributed by atoms with E-state index < -0.39 is 0 Å². The molecule has 0 aliphatic carbocycles. The maximum absolute atomic E-state index is 6.19. The molecule has 8 heteroatoms. The highest BCUT2D eigenvalue weighted by atomic mass is 16.5. The molecule has 0 bridgehead atoms. The molecule has 0 aliphatic rings. The predicted octanol–water partition coefficient (Wildman–Crippen LogP) is 13.3. The van der Waals surface area contributed by atoms with Crippen molar-refractivity contribution in [1.29, 1.82) is 0 Å². The second-order valence-electron chi connectivity index (χ2n) is 16.5. The molecule has 4 heterocycles. The second kappa shape index (κ2) is 20.1. The highest BCUT2D eigenvalue weighted by Gasteiger charge is 2.14. The number of hydrogen-bond donors (Lipinski definition) is 0. The molecule has 334 valence electrons. The Balaban J connectivity index is 0.649. The summed E-state index contributed by atoms with van der Waals surface area (Å²) in [6, 6.07) is 76.5. The van der Waals surface area contributed by atoms with E-state index in [0.29, 0.717) is 0 Å². The van der Waals surface area contributed by atoms with Crippen molar-refractivity contribution >= 4 is 0 Å². The molecule has 0 saturated heterocycles. The molecule has 0 atom stereocenters. The minimum Gasteiger partial charge on any atom is -0.457 e. The van der Waals surface area contributed by atoms with Crippen LogP contribution in [0.2, 0.25) is 0 Å². The van der Waals surface area contributed by atoms with Crippen molar-refractivity contribution in [2.45, 2.75) is 0 Å². The van der Waals surface area contributed by atoms with E-state index in [0.717, 1.165) is 91.0 Å². The lowest BCUT2D eigenvalue weighted by Gasteiger charge is -2.09. The molecule has 0 N–H and O–H groups in total. The maximum atomic E-state index is 6.19. The maximum Gasteiger partial charge on any atom is 0.210 e. The highest BCUT2D eigenvalue weighted by molar-refractivity contribution is 5.62. The van der Waals surface area contributed by atoms with Crippen LogP contribution in [0.4, 0.5) is 0 Å². The van der Waals surface area contributed by atoms with Gasteiger partial charge in [-0.05, 0) is 119 Å². The molecule has 0 saturated carbocycles. The van der Waals surface area contributed by atoms with E-state index in [1.54, 1.807) is 0 Å². The van der Waals surface area contributed by atoms with Crippen molar-refractivity contribution in [3.05, 3.63) is 280 Å². The van der Waals surface area contributed by atoms with E-state index in [1.807, 2.05) is 158 Å². The molecule has 0 aliphatic heterocycles. The van der Waals surface area contributed by atoms with Crippen LogP contribution < -0.4 is 37.2 Å². The quantitative estimate of drug-likeness (QED) is 0.102. The third-order valence-corrected chi connectivity index (χ3v) is 11.8. The summed E-state index contributed by atoms with van der Waals surface area (Å²) in [5.74, 6) is 6.18. The van der Waals surface area contributed by atoms with Crippen LogP contribution in [0.15, 0.2) is 280 Å². The molecule has 7 aromatic carbocycles. The lowest BCUT2D eigenvalue weighted by Crippen LogP contribution is -2.29. The van der Waals surface area contributed by atoms with Crippen molar-refractivity contribution in [1.82, 2.24) is 0 Å². The molecular weight excluding hydrogens is 865 g/mol. The first kappa shape index (κ1) is 42.9. The van der Waals surface area contributed by atoms with Crippen LogP contribution in [0, 0.1) is 0 Å². The Morgan fingerprint density at radius 2 is 0.343 bits per heavy atom. The average Bonchev–Trinajstić information content (AvgIpc) is 3.43. The lowest BCUT2D eigenvalue weighted by molar-refractivity contribution is -0.596. The van der Waals surface area contributed by atoms with Gasteiger partial charge in [0.15, 0.2) is 49.6 Å². The minimum absolute atomic E-state index is 0.722. The van der Waals surface area contributed by atoms with Gasteiger partial charge in [0.2, 0.25) is 22.7 Å². The van der Waals surface area contributed by atoms with Gasteiger partial charge in [0, 0.05) is 97.1 Å². The van der Waals surface area contributed by atoms with E-state index in [2.05, 4.69) is 141 Å². The number of rotatable bonds is 14. The van der Waals surface area contributed by atoms with Gasteiger partial charge in [-0.15, -0.1) is 0 Å². The normalized spacial score (nSPS) is 10.9. The molecule has 0 unspecified atom stereocenters.